The molecular formula is C28H32N8O. The smallest absolute Gasteiger partial charge is 0.169 e. The fourth-order valence-corrected chi connectivity index (χ4v) is 4.30. The van der Waals surface area contributed by atoms with Gasteiger partial charge in [0.1, 0.15) is 17.3 Å². The lowest BCUT2D eigenvalue weighted by molar-refractivity contribution is 0.0992. The summed E-state index contributed by atoms with van der Waals surface area (Å²) in [6.45, 7) is 10.00. The Morgan fingerprint density at radius 1 is 0.946 bits per heavy atom. The van der Waals surface area contributed by atoms with E-state index in [-0.39, 0.29) is 17.7 Å². The first-order valence-corrected chi connectivity index (χ1v) is 12.5. The minimum absolute atomic E-state index is 0.00704. The lowest BCUT2D eigenvalue weighted by atomic mass is 10.1. The average molecular weight is 497 g/mol. The molecule has 4 aromatic rings. The fourth-order valence-electron chi connectivity index (χ4n) is 4.30. The van der Waals surface area contributed by atoms with Gasteiger partial charge in [0.2, 0.25) is 0 Å². The second-order valence-corrected chi connectivity index (χ2v) is 10.5. The molecule has 0 saturated carbocycles. The van der Waals surface area contributed by atoms with Gasteiger partial charge in [0.25, 0.3) is 0 Å². The molecule has 0 spiro atoms. The van der Waals surface area contributed by atoms with Gasteiger partial charge in [0.05, 0.1) is 35.7 Å². The number of carbonyl (C=O) groups excluding carboxylic acids is 1. The number of carbonyl (C=O) groups is 1. The maximum Gasteiger partial charge on any atom is 0.169 e. The largest absolute Gasteiger partial charge is 0.364 e. The van der Waals surface area contributed by atoms with E-state index in [0.29, 0.717) is 28.5 Å². The fraction of sp³-hybridized carbons (Fsp3) is 0.357. The first kappa shape index (κ1) is 24.7. The van der Waals surface area contributed by atoms with E-state index in [2.05, 4.69) is 62.9 Å². The highest BCUT2D eigenvalue weighted by Gasteiger charge is 2.18. The molecule has 0 atom stereocenters. The van der Waals surface area contributed by atoms with Crippen LogP contribution >= 0.6 is 0 Å². The molecule has 0 bridgehead atoms. The quantitative estimate of drug-likeness (QED) is 0.399. The standard InChI is InChI=1S/C28H32N8O/c1-28(2,3)34-26-18-29-17-24(33-26)22-6-5-20-16-31-21(14-23(20)32-22)15-25(37)19-7-8-30-27(13-19)36-11-9-35(4)10-12-36/h5-8,13-14,16-18H,9-12,15H2,1-4H3,(H,33,34). The molecule has 190 valence electrons. The number of hydrogen-bond donors (Lipinski definition) is 1. The number of piperazine rings is 1. The van der Waals surface area contributed by atoms with Crippen molar-refractivity contribution < 1.29 is 4.79 Å². The summed E-state index contributed by atoms with van der Waals surface area (Å²) >= 11 is 0. The van der Waals surface area contributed by atoms with Crippen LogP contribution in [0.4, 0.5) is 11.6 Å². The van der Waals surface area contributed by atoms with Gasteiger partial charge < -0.3 is 15.1 Å². The van der Waals surface area contributed by atoms with Gasteiger partial charge in [-0.1, -0.05) is 0 Å². The molecule has 9 heteroatoms. The highest BCUT2D eigenvalue weighted by molar-refractivity contribution is 5.98. The molecule has 1 aliphatic heterocycles. The van der Waals surface area contributed by atoms with Crippen LogP contribution < -0.4 is 10.2 Å². The third-order valence-electron chi connectivity index (χ3n) is 6.27. The molecule has 0 aromatic carbocycles. The summed E-state index contributed by atoms with van der Waals surface area (Å²) in [5, 5.41) is 4.24. The van der Waals surface area contributed by atoms with Crippen LogP contribution in [0.2, 0.25) is 0 Å². The van der Waals surface area contributed by atoms with E-state index in [9.17, 15) is 4.79 Å². The molecule has 9 nitrogen and oxygen atoms in total. The van der Waals surface area contributed by atoms with Crippen LogP contribution in [0.25, 0.3) is 22.3 Å². The lowest BCUT2D eigenvalue weighted by Crippen LogP contribution is -2.44. The van der Waals surface area contributed by atoms with Crippen LogP contribution in [0.15, 0.2) is 55.1 Å². The zero-order valence-electron chi connectivity index (χ0n) is 21.8. The number of fused-ring (bicyclic) bond motifs is 1. The van der Waals surface area contributed by atoms with Crippen LogP contribution in [0.5, 0.6) is 0 Å². The number of nitrogens with zero attached hydrogens (tertiary/aromatic N) is 7. The van der Waals surface area contributed by atoms with Crippen molar-refractivity contribution >= 4 is 28.3 Å². The molecule has 37 heavy (non-hydrogen) atoms. The monoisotopic (exact) mass is 496 g/mol. The van der Waals surface area contributed by atoms with Crippen LogP contribution in [-0.2, 0) is 6.42 Å². The Balaban J connectivity index is 1.35. The minimum Gasteiger partial charge on any atom is -0.364 e. The Labute approximate surface area is 217 Å². The van der Waals surface area contributed by atoms with Crippen LogP contribution in [0, 0.1) is 0 Å². The molecule has 5 heterocycles. The first-order chi connectivity index (χ1) is 17.7. The summed E-state index contributed by atoms with van der Waals surface area (Å²) in [6, 6.07) is 9.42. The van der Waals surface area contributed by atoms with Crippen LogP contribution in [0.3, 0.4) is 0 Å². The summed E-state index contributed by atoms with van der Waals surface area (Å²) in [5.74, 6) is 1.55. The molecule has 0 aliphatic carbocycles. The number of aromatic nitrogens is 5. The Kier molecular flexibility index (Phi) is 6.80. The third-order valence-corrected chi connectivity index (χ3v) is 6.27. The number of ketones is 1. The minimum atomic E-state index is -0.128. The van der Waals surface area contributed by atoms with Crippen molar-refractivity contribution in [1.82, 2.24) is 29.8 Å². The van der Waals surface area contributed by atoms with Gasteiger partial charge in [-0.3, -0.25) is 14.8 Å². The van der Waals surface area contributed by atoms with Crippen molar-refractivity contribution in [2.75, 3.05) is 43.4 Å². The molecular weight excluding hydrogens is 464 g/mol. The molecule has 5 rings (SSSR count). The molecule has 0 unspecified atom stereocenters. The molecule has 0 radical (unpaired) electrons. The summed E-state index contributed by atoms with van der Waals surface area (Å²) in [4.78, 5) is 40.5. The Morgan fingerprint density at radius 3 is 2.54 bits per heavy atom. The summed E-state index contributed by atoms with van der Waals surface area (Å²) in [6.07, 6.45) is 7.08. The second-order valence-electron chi connectivity index (χ2n) is 10.5. The SMILES string of the molecule is CN1CCN(c2cc(C(=O)Cc3cc4nc(-c5cncc(NC(C)(C)C)n5)ccc4cn3)ccn2)CC1. The number of hydrogen-bond acceptors (Lipinski definition) is 9. The van der Waals surface area contributed by atoms with E-state index < -0.39 is 0 Å². The van der Waals surface area contributed by atoms with E-state index in [1.165, 1.54) is 0 Å². The van der Waals surface area contributed by atoms with Crippen LogP contribution in [-0.4, -0.2) is 74.4 Å². The van der Waals surface area contributed by atoms with Gasteiger partial charge in [-0.25, -0.2) is 15.0 Å². The number of likely N-dealkylation sites (N-methyl/N-ethyl adjacent to an activating group) is 1. The lowest BCUT2D eigenvalue weighted by Gasteiger charge is -2.33. The van der Waals surface area contributed by atoms with Gasteiger partial charge >= 0.3 is 0 Å². The Hall–Kier alpha value is -3.98. The van der Waals surface area contributed by atoms with E-state index in [1.807, 2.05) is 24.3 Å². The highest BCUT2D eigenvalue weighted by Crippen LogP contribution is 2.22. The highest BCUT2D eigenvalue weighted by atomic mass is 16.1. The maximum absolute atomic E-state index is 13.1. The summed E-state index contributed by atoms with van der Waals surface area (Å²) in [7, 11) is 2.12. The van der Waals surface area contributed by atoms with E-state index in [4.69, 9.17) is 4.98 Å². The molecule has 0 amide bonds. The van der Waals surface area contributed by atoms with Gasteiger partial charge in [0.15, 0.2) is 5.78 Å². The normalized spacial score (nSPS) is 14.6. The topological polar surface area (TPSA) is 100 Å². The predicted molar refractivity (Wildman–Crippen MR) is 146 cm³/mol. The van der Waals surface area contributed by atoms with Crippen molar-refractivity contribution in [3.8, 4) is 11.4 Å². The molecule has 1 saturated heterocycles. The third kappa shape index (κ3) is 6.06. The van der Waals surface area contributed by atoms with Gasteiger partial charge in [0, 0.05) is 55.1 Å². The van der Waals surface area contributed by atoms with E-state index >= 15 is 0 Å². The van der Waals surface area contributed by atoms with Gasteiger partial charge in [-0.2, -0.15) is 0 Å². The zero-order chi connectivity index (χ0) is 26.0. The van der Waals surface area contributed by atoms with E-state index in [1.54, 1.807) is 30.9 Å². The Morgan fingerprint density at radius 2 is 1.76 bits per heavy atom. The van der Waals surface area contributed by atoms with Crippen molar-refractivity contribution in [2.24, 2.45) is 0 Å². The van der Waals surface area contributed by atoms with Crippen molar-refractivity contribution in [2.45, 2.75) is 32.7 Å². The second kappa shape index (κ2) is 10.2. The Bertz CT molecular complexity index is 1420. The zero-order valence-corrected chi connectivity index (χ0v) is 21.8. The maximum atomic E-state index is 13.1. The molecule has 1 aliphatic rings. The summed E-state index contributed by atoms with van der Waals surface area (Å²) < 4.78 is 0. The predicted octanol–water partition coefficient (Wildman–Crippen LogP) is 3.87. The van der Waals surface area contributed by atoms with Crippen molar-refractivity contribution in [1.29, 1.82) is 0 Å². The number of nitrogens with one attached hydrogen (secondary N) is 1. The average Bonchev–Trinajstić information content (AvgIpc) is 2.88. The summed E-state index contributed by atoms with van der Waals surface area (Å²) in [5.41, 5.74) is 3.35. The van der Waals surface area contributed by atoms with E-state index in [0.717, 1.165) is 42.9 Å². The van der Waals surface area contributed by atoms with Gasteiger partial charge in [-0.05, 0) is 58.2 Å². The number of anilines is 2. The van der Waals surface area contributed by atoms with Crippen molar-refractivity contribution in [3.05, 3.63) is 66.4 Å². The van der Waals surface area contributed by atoms with Crippen molar-refractivity contribution in [3.63, 3.8) is 0 Å². The number of rotatable bonds is 6. The van der Waals surface area contributed by atoms with Gasteiger partial charge in [-0.15, -0.1) is 0 Å². The number of Topliss-reactive ketones (excluding diaryl/α,β-unsaturated/α-hetero) is 1. The van der Waals surface area contributed by atoms with Crippen LogP contribution in [0.1, 0.15) is 36.8 Å². The number of pyridine rings is 3. The first-order valence-electron chi connectivity index (χ1n) is 12.5. The molecule has 1 fully saturated rings. The molecule has 1 N–H and O–H groups in total. The molecule has 4 aromatic heterocycles.